The van der Waals surface area contributed by atoms with Crippen LogP contribution in [0.25, 0.3) is 27.5 Å². The maximum atomic E-state index is 10.9. The quantitative estimate of drug-likeness (QED) is 0.396. The molecule has 0 unspecified atom stereocenters. The van der Waals surface area contributed by atoms with Gasteiger partial charge in [0.2, 0.25) is 0 Å². The van der Waals surface area contributed by atoms with Gasteiger partial charge in [-0.15, -0.1) is 0 Å². The number of nitrogens with zero attached hydrogens (tertiary/aromatic N) is 2. The minimum atomic E-state index is -0.397. The molecule has 26 heavy (non-hydrogen) atoms. The Labute approximate surface area is 149 Å². The van der Waals surface area contributed by atoms with E-state index >= 15 is 0 Å². The van der Waals surface area contributed by atoms with Crippen LogP contribution in [0, 0.1) is 10.1 Å². The summed E-state index contributed by atoms with van der Waals surface area (Å²) in [6.07, 6.45) is 0. The molecule has 6 nitrogen and oxygen atoms in total. The molecule has 130 valence electrons. The summed E-state index contributed by atoms with van der Waals surface area (Å²) in [5.41, 5.74) is 2.90. The highest BCUT2D eigenvalue weighted by Gasteiger charge is 2.15. The normalized spacial score (nSPS) is 11.0. The zero-order chi connectivity index (χ0) is 18.3. The van der Waals surface area contributed by atoms with E-state index in [9.17, 15) is 10.1 Å². The number of benzene rings is 3. The fourth-order valence-electron chi connectivity index (χ4n) is 3.24. The van der Waals surface area contributed by atoms with Crippen LogP contribution in [0.4, 0.5) is 5.69 Å². The van der Waals surface area contributed by atoms with Crippen molar-refractivity contribution in [3.63, 3.8) is 0 Å². The minimum Gasteiger partial charge on any atom is -0.497 e. The molecule has 4 aromatic rings. The summed E-state index contributed by atoms with van der Waals surface area (Å²) in [6.45, 7) is 0. The smallest absolute Gasteiger partial charge is 0.269 e. The Bertz CT molecular complexity index is 1070. The SMILES string of the molecule is COc1ccc2c(c1)c1cc(OC)ccc1n2-c1ccc([N+](=O)[O-])cc1. The highest BCUT2D eigenvalue weighted by atomic mass is 16.6. The number of non-ortho nitro benzene ring substituents is 1. The van der Waals surface area contributed by atoms with E-state index in [2.05, 4.69) is 4.57 Å². The van der Waals surface area contributed by atoms with Gasteiger partial charge in [-0.2, -0.15) is 0 Å². The molecule has 0 amide bonds. The van der Waals surface area contributed by atoms with Crippen LogP contribution in [-0.2, 0) is 0 Å². The van der Waals surface area contributed by atoms with E-state index in [1.165, 1.54) is 12.1 Å². The zero-order valence-corrected chi connectivity index (χ0v) is 14.3. The molecule has 0 saturated carbocycles. The molecule has 3 aromatic carbocycles. The van der Waals surface area contributed by atoms with E-state index in [-0.39, 0.29) is 5.69 Å². The molecule has 0 radical (unpaired) electrons. The Balaban J connectivity index is 2.04. The Morgan fingerprint density at radius 1 is 0.808 bits per heavy atom. The van der Waals surface area contributed by atoms with E-state index in [4.69, 9.17) is 9.47 Å². The van der Waals surface area contributed by atoms with E-state index in [0.29, 0.717) is 0 Å². The van der Waals surface area contributed by atoms with Crippen molar-refractivity contribution in [3.8, 4) is 17.2 Å². The number of methoxy groups -OCH3 is 2. The molecule has 0 N–H and O–H groups in total. The highest BCUT2D eigenvalue weighted by molar-refractivity contribution is 6.10. The standard InChI is InChI=1S/C20H16N2O4/c1-25-15-7-9-19-17(11-15)18-12-16(26-2)8-10-20(18)21(19)13-3-5-14(6-4-13)22(23)24/h3-12H,1-2H3. The molecule has 0 aliphatic heterocycles. The number of hydrogen-bond donors (Lipinski definition) is 0. The van der Waals surface area contributed by atoms with Crippen molar-refractivity contribution in [2.24, 2.45) is 0 Å². The summed E-state index contributed by atoms with van der Waals surface area (Å²) in [5.74, 6) is 1.53. The molecule has 0 atom stereocenters. The van der Waals surface area contributed by atoms with E-state index in [0.717, 1.165) is 39.0 Å². The first-order valence-electron chi connectivity index (χ1n) is 8.03. The third-order valence-electron chi connectivity index (χ3n) is 4.50. The Morgan fingerprint density at radius 2 is 1.31 bits per heavy atom. The zero-order valence-electron chi connectivity index (χ0n) is 14.3. The third kappa shape index (κ3) is 2.43. The van der Waals surface area contributed by atoms with Gasteiger partial charge in [0.05, 0.1) is 30.2 Å². The molecule has 0 spiro atoms. The second kappa shape index (κ2) is 6.07. The monoisotopic (exact) mass is 348 g/mol. The van der Waals surface area contributed by atoms with E-state index < -0.39 is 4.92 Å². The van der Waals surface area contributed by atoms with Crippen molar-refractivity contribution in [2.45, 2.75) is 0 Å². The lowest BCUT2D eigenvalue weighted by molar-refractivity contribution is -0.384. The number of nitro benzene ring substituents is 1. The van der Waals surface area contributed by atoms with Crippen LogP contribution in [0.15, 0.2) is 60.7 Å². The van der Waals surface area contributed by atoms with Gasteiger partial charge >= 0.3 is 0 Å². The minimum absolute atomic E-state index is 0.0675. The van der Waals surface area contributed by atoms with Crippen molar-refractivity contribution in [2.75, 3.05) is 14.2 Å². The summed E-state index contributed by atoms with van der Waals surface area (Å²) in [6, 6.07) is 18.3. The third-order valence-corrected chi connectivity index (χ3v) is 4.50. The fraction of sp³-hybridized carbons (Fsp3) is 0.100. The molecule has 0 aliphatic rings. The summed E-state index contributed by atoms with van der Waals surface area (Å²) < 4.78 is 12.8. The number of nitro groups is 1. The maximum absolute atomic E-state index is 10.9. The van der Waals surface area contributed by atoms with E-state index in [1.807, 2.05) is 36.4 Å². The second-order valence-electron chi connectivity index (χ2n) is 5.88. The van der Waals surface area contributed by atoms with Crippen LogP contribution in [-0.4, -0.2) is 23.7 Å². The number of fused-ring (bicyclic) bond motifs is 3. The lowest BCUT2D eigenvalue weighted by Gasteiger charge is -2.08. The van der Waals surface area contributed by atoms with Crippen molar-refractivity contribution in [1.82, 2.24) is 4.57 Å². The first kappa shape index (κ1) is 16.0. The van der Waals surface area contributed by atoms with Gasteiger partial charge in [0.15, 0.2) is 0 Å². The average Bonchev–Trinajstić information content (AvgIpc) is 3.00. The number of rotatable bonds is 4. The van der Waals surface area contributed by atoms with Crippen molar-refractivity contribution in [3.05, 3.63) is 70.8 Å². The molecular weight excluding hydrogens is 332 g/mol. The lowest BCUT2D eigenvalue weighted by Crippen LogP contribution is -1.95. The van der Waals surface area contributed by atoms with Gasteiger partial charge in [0, 0.05) is 28.6 Å². The molecule has 0 fully saturated rings. The molecule has 0 saturated heterocycles. The van der Waals surface area contributed by atoms with Crippen LogP contribution in [0.1, 0.15) is 0 Å². The van der Waals surface area contributed by atoms with E-state index in [1.54, 1.807) is 26.4 Å². The maximum Gasteiger partial charge on any atom is 0.269 e. The Morgan fingerprint density at radius 3 is 1.73 bits per heavy atom. The first-order chi connectivity index (χ1) is 12.6. The van der Waals surface area contributed by atoms with Gasteiger partial charge < -0.3 is 14.0 Å². The lowest BCUT2D eigenvalue weighted by atomic mass is 10.1. The van der Waals surface area contributed by atoms with Gasteiger partial charge in [0.25, 0.3) is 5.69 Å². The fourth-order valence-corrected chi connectivity index (χ4v) is 3.24. The van der Waals surface area contributed by atoms with Crippen LogP contribution in [0.5, 0.6) is 11.5 Å². The number of hydrogen-bond acceptors (Lipinski definition) is 4. The highest BCUT2D eigenvalue weighted by Crippen LogP contribution is 2.36. The summed E-state index contributed by atoms with van der Waals surface area (Å²) in [5, 5.41) is 13.0. The Hall–Kier alpha value is -3.54. The molecule has 1 aromatic heterocycles. The topological polar surface area (TPSA) is 66.5 Å². The van der Waals surface area contributed by atoms with Crippen molar-refractivity contribution >= 4 is 27.5 Å². The van der Waals surface area contributed by atoms with Crippen LogP contribution < -0.4 is 9.47 Å². The van der Waals surface area contributed by atoms with Gasteiger partial charge in [-0.25, -0.2) is 0 Å². The van der Waals surface area contributed by atoms with Crippen LogP contribution in [0.3, 0.4) is 0 Å². The largest absolute Gasteiger partial charge is 0.497 e. The molecule has 0 bridgehead atoms. The van der Waals surface area contributed by atoms with Crippen LogP contribution >= 0.6 is 0 Å². The second-order valence-corrected chi connectivity index (χ2v) is 5.88. The summed E-state index contributed by atoms with van der Waals surface area (Å²) >= 11 is 0. The molecule has 6 heteroatoms. The van der Waals surface area contributed by atoms with Crippen molar-refractivity contribution < 1.29 is 14.4 Å². The van der Waals surface area contributed by atoms with Crippen molar-refractivity contribution in [1.29, 1.82) is 0 Å². The predicted octanol–water partition coefficient (Wildman–Crippen LogP) is 4.71. The van der Waals surface area contributed by atoms with Gasteiger partial charge in [-0.1, -0.05) is 0 Å². The summed E-state index contributed by atoms with van der Waals surface area (Å²) in [7, 11) is 3.27. The predicted molar refractivity (Wildman–Crippen MR) is 101 cm³/mol. The van der Waals surface area contributed by atoms with Gasteiger partial charge in [-0.3, -0.25) is 10.1 Å². The first-order valence-corrected chi connectivity index (χ1v) is 8.03. The molecule has 4 rings (SSSR count). The Kier molecular flexibility index (Phi) is 3.73. The number of aromatic nitrogens is 1. The summed E-state index contributed by atoms with van der Waals surface area (Å²) in [4.78, 5) is 10.5. The average molecular weight is 348 g/mol. The molecule has 1 heterocycles. The number of ether oxygens (including phenoxy) is 2. The van der Waals surface area contributed by atoms with Crippen LogP contribution in [0.2, 0.25) is 0 Å². The molecule has 0 aliphatic carbocycles. The van der Waals surface area contributed by atoms with Gasteiger partial charge in [0.1, 0.15) is 11.5 Å². The molecular formula is C20H16N2O4. The van der Waals surface area contributed by atoms with Gasteiger partial charge in [-0.05, 0) is 48.5 Å².